The summed E-state index contributed by atoms with van der Waals surface area (Å²) in [5.41, 5.74) is 0.659. The van der Waals surface area contributed by atoms with Crippen LogP contribution in [0.3, 0.4) is 0 Å². The van der Waals surface area contributed by atoms with Gasteiger partial charge in [0.1, 0.15) is 5.69 Å². The number of rotatable bonds is 6. The highest BCUT2D eigenvalue weighted by molar-refractivity contribution is 9.10. The fourth-order valence-corrected chi connectivity index (χ4v) is 3.52. The number of amides is 2. The lowest BCUT2D eigenvalue weighted by atomic mass is 10.2. The molecule has 2 aromatic carbocycles. The van der Waals surface area contributed by atoms with E-state index in [1.807, 2.05) is 0 Å². The summed E-state index contributed by atoms with van der Waals surface area (Å²) < 4.78 is 0.725. The smallest absolute Gasteiger partial charge is 0.409 e. The van der Waals surface area contributed by atoms with Gasteiger partial charge < -0.3 is 10.4 Å². The lowest BCUT2D eigenvalue weighted by Gasteiger charge is -2.08. The number of benzene rings is 2. The maximum Gasteiger partial charge on any atom is 0.409 e. The summed E-state index contributed by atoms with van der Waals surface area (Å²) in [5.74, 6) is -0.487. The number of nitrogens with one attached hydrogen (secondary N) is 2. The van der Waals surface area contributed by atoms with Crippen molar-refractivity contribution in [2.45, 2.75) is 9.79 Å². The second kappa shape index (κ2) is 9.37. The molecule has 0 aliphatic heterocycles. The van der Waals surface area contributed by atoms with Crippen molar-refractivity contribution in [3.63, 3.8) is 0 Å². The highest BCUT2D eigenvalue weighted by Crippen LogP contribution is 2.36. The van der Waals surface area contributed by atoms with Crippen LogP contribution in [0.2, 0.25) is 0 Å². The number of carbonyl (C=O) groups is 2. The number of carbonyl (C=O) groups excluding carboxylic acids is 1. The molecule has 0 bridgehead atoms. The van der Waals surface area contributed by atoms with Gasteiger partial charge in [0.15, 0.2) is 0 Å². The number of nitrogens with zero attached hydrogens (tertiary/aromatic N) is 2. The summed E-state index contributed by atoms with van der Waals surface area (Å²) in [5, 5.41) is 25.0. The molecular formula is C19H13BrN4O5S. The highest BCUT2D eigenvalue weighted by atomic mass is 79.9. The van der Waals surface area contributed by atoms with Crippen molar-refractivity contribution < 1.29 is 19.6 Å². The molecule has 0 aliphatic carbocycles. The lowest BCUT2D eigenvalue weighted by molar-refractivity contribution is -0.387. The number of pyridine rings is 1. The Kier molecular flexibility index (Phi) is 6.65. The van der Waals surface area contributed by atoms with Crippen LogP contribution in [-0.2, 0) is 0 Å². The zero-order valence-electron chi connectivity index (χ0n) is 15.0. The molecule has 0 saturated heterocycles. The SMILES string of the molecule is O=C(O)Nc1ccc(Sc2ccc(NC(=O)c3ccc(Br)cn3)cc2[N+](=O)[O-])cc1. The second-order valence-corrected chi connectivity index (χ2v) is 7.84. The van der Waals surface area contributed by atoms with Crippen molar-refractivity contribution in [3.8, 4) is 0 Å². The standard InChI is InChI=1S/C19H13BrN4O5S/c20-11-1-7-15(21-10-11)18(25)22-13-4-8-17(16(9-13)24(28)29)30-14-5-2-12(3-6-14)23-19(26)27/h1-10,23H,(H,22,25)(H,26,27). The van der Waals surface area contributed by atoms with Crippen LogP contribution >= 0.6 is 27.7 Å². The summed E-state index contributed by atoms with van der Waals surface area (Å²) >= 11 is 4.38. The van der Waals surface area contributed by atoms with Crippen molar-refractivity contribution in [2.24, 2.45) is 0 Å². The number of hydrogen-bond donors (Lipinski definition) is 3. The number of aromatic nitrogens is 1. The molecule has 3 rings (SSSR count). The third kappa shape index (κ3) is 5.55. The third-order valence-electron chi connectivity index (χ3n) is 3.71. The topological polar surface area (TPSA) is 134 Å². The zero-order chi connectivity index (χ0) is 21.7. The van der Waals surface area contributed by atoms with Gasteiger partial charge in [-0.25, -0.2) is 9.78 Å². The molecule has 1 aromatic heterocycles. The molecule has 11 heteroatoms. The van der Waals surface area contributed by atoms with E-state index in [0.29, 0.717) is 15.5 Å². The van der Waals surface area contributed by atoms with E-state index in [0.717, 1.165) is 16.2 Å². The first-order chi connectivity index (χ1) is 14.3. The van der Waals surface area contributed by atoms with Gasteiger partial charge >= 0.3 is 6.09 Å². The molecule has 2 amide bonds. The fourth-order valence-electron chi connectivity index (χ4n) is 2.39. The van der Waals surface area contributed by atoms with Crippen LogP contribution in [0.5, 0.6) is 0 Å². The van der Waals surface area contributed by atoms with Gasteiger partial charge in [-0.15, -0.1) is 0 Å². The summed E-state index contributed by atoms with van der Waals surface area (Å²) in [6.45, 7) is 0. The molecule has 0 unspecified atom stereocenters. The van der Waals surface area contributed by atoms with Gasteiger partial charge in [-0.3, -0.25) is 20.2 Å². The van der Waals surface area contributed by atoms with Gasteiger partial charge in [-0.05, 0) is 64.5 Å². The Balaban J connectivity index is 1.78. The van der Waals surface area contributed by atoms with Gasteiger partial charge in [-0.2, -0.15) is 0 Å². The quantitative estimate of drug-likeness (QED) is 0.318. The zero-order valence-corrected chi connectivity index (χ0v) is 17.4. The molecular weight excluding hydrogens is 476 g/mol. The van der Waals surface area contributed by atoms with E-state index in [1.165, 1.54) is 24.4 Å². The molecule has 0 saturated carbocycles. The van der Waals surface area contributed by atoms with Crippen LogP contribution in [0.25, 0.3) is 0 Å². The fraction of sp³-hybridized carbons (Fsp3) is 0. The predicted octanol–water partition coefficient (Wildman–Crippen LogP) is 5.25. The Morgan fingerprint density at radius 2 is 1.73 bits per heavy atom. The number of nitro groups is 1. The van der Waals surface area contributed by atoms with E-state index < -0.39 is 16.9 Å². The predicted molar refractivity (Wildman–Crippen MR) is 115 cm³/mol. The van der Waals surface area contributed by atoms with Gasteiger partial charge in [0.25, 0.3) is 11.6 Å². The minimum atomic E-state index is -1.18. The number of nitro benzene ring substituents is 1. The Bertz CT molecular complexity index is 1110. The average Bonchev–Trinajstić information content (AvgIpc) is 2.70. The summed E-state index contributed by atoms with van der Waals surface area (Å²) in [4.78, 5) is 39.0. The molecule has 3 N–H and O–H groups in total. The number of anilines is 2. The van der Waals surface area contributed by atoms with Gasteiger partial charge in [0.2, 0.25) is 0 Å². The Morgan fingerprint density at radius 1 is 1.03 bits per heavy atom. The van der Waals surface area contributed by atoms with Crippen LogP contribution in [0.4, 0.5) is 21.9 Å². The minimum Gasteiger partial charge on any atom is -0.465 e. The van der Waals surface area contributed by atoms with Crippen molar-refractivity contribution >= 4 is 56.8 Å². The lowest BCUT2D eigenvalue weighted by Crippen LogP contribution is -2.13. The first-order valence-corrected chi connectivity index (χ1v) is 9.92. The molecule has 0 radical (unpaired) electrons. The maximum absolute atomic E-state index is 12.3. The van der Waals surface area contributed by atoms with Crippen LogP contribution < -0.4 is 10.6 Å². The van der Waals surface area contributed by atoms with E-state index in [1.54, 1.807) is 36.4 Å². The minimum absolute atomic E-state index is 0.172. The van der Waals surface area contributed by atoms with Crippen LogP contribution in [0.15, 0.2) is 75.1 Å². The van der Waals surface area contributed by atoms with Crippen molar-refractivity contribution in [3.05, 3.63) is 81.1 Å². The number of hydrogen-bond acceptors (Lipinski definition) is 6. The van der Waals surface area contributed by atoms with E-state index in [9.17, 15) is 19.7 Å². The molecule has 3 aromatic rings. The van der Waals surface area contributed by atoms with Gasteiger partial charge in [-0.1, -0.05) is 11.8 Å². The number of halogens is 1. The maximum atomic E-state index is 12.3. The molecule has 0 fully saturated rings. The Hall–Kier alpha value is -3.44. The number of carboxylic acid groups (broad SMARTS) is 1. The van der Waals surface area contributed by atoms with Gasteiger partial charge in [0.05, 0.1) is 9.82 Å². The summed E-state index contributed by atoms with van der Waals surface area (Å²) in [7, 11) is 0. The molecule has 0 spiro atoms. The van der Waals surface area contributed by atoms with Gasteiger partial charge in [0, 0.05) is 33.0 Å². The van der Waals surface area contributed by atoms with Crippen molar-refractivity contribution in [1.29, 1.82) is 0 Å². The molecule has 30 heavy (non-hydrogen) atoms. The highest BCUT2D eigenvalue weighted by Gasteiger charge is 2.17. The molecule has 0 atom stereocenters. The molecule has 1 heterocycles. The van der Waals surface area contributed by atoms with Crippen LogP contribution in [0.1, 0.15) is 10.5 Å². The van der Waals surface area contributed by atoms with E-state index >= 15 is 0 Å². The van der Waals surface area contributed by atoms with E-state index in [-0.39, 0.29) is 17.1 Å². The van der Waals surface area contributed by atoms with E-state index in [4.69, 9.17) is 5.11 Å². The van der Waals surface area contributed by atoms with Crippen molar-refractivity contribution in [2.75, 3.05) is 10.6 Å². The normalized spacial score (nSPS) is 10.3. The first kappa shape index (κ1) is 21.3. The van der Waals surface area contributed by atoms with E-state index in [2.05, 4.69) is 31.5 Å². The van der Waals surface area contributed by atoms with Crippen LogP contribution in [0, 0.1) is 10.1 Å². The summed E-state index contributed by atoms with van der Waals surface area (Å²) in [6, 6.07) is 14.0. The molecule has 152 valence electrons. The third-order valence-corrected chi connectivity index (χ3v) is 5.25. The van der Waals surface area contributed by atoms with Crippen LogP contribution in [-0.4, -0.2) is 27.0 Å². The first-order valence-electron chi connectivity index (χ1n) is 8.31. The summed E-state index contributed by atoms with van der Waals surface area (Å²) in [6.07, 6.45) is 0.302. The Morgan fingerprint density at radius 3 is 2.33 bits per heavy atom. The van der Waals surface area contributed by atoms with Crippen molar-refractivity contribution in [1.82, 2.24) is 4.98 Å². The monoisotopic (exact) mass is 488 g/mol. The molecule has 9 nitrogen and oxygen atoms in total. The Labute approximate surface area is 182 Å². The second-order valence-electron chi connectivity index (χ2n) is 5.81. The largest absolute Gasteiger partial charge is 0.465 e. The average molecular weight is 489 g/mol. The molecule has 0 aliphatic rings.